The molecule has 0 unspecified atom stereocenters. The molecule has 1 aromatic carbocycles. The molecular weight excluding hydrogens is 172 g/mol. The van der Waals surface area contributed by atoms with Crippen LogP contribution in [0.3, 0.4) is 0 Å². The van der Waals surface area contributed by atoms with Gasteiger partial charge in [0.2, 0.25) is 0 Å². The molecule has 14 heavy (non-hydrogen) atoms. The van der Waals surface area contributed by atoms with Crippen molar-refractivity contribution in [1.29, 1.82) is 0 Å². The maximum absolute atomic E-state index is 11.1. The number of rotatable bonds is 3. The Bertz CT molecular complexity index is 320. The van der Waals surface area contributed by atoms with Crippen molar-refractivity contribution >= 4 is 5.78 Å². The zero-order valence-electron chi connectivity index (χ0n) is 9.42. The largest absolute Gasteiger partial charge is 0.295 e. The minimum absolute atomic E-state index is 0.130. The van der Waals surface area contributed by atoms with Crippen LogP contribution in [0.4, 0.5) is 0 Å². The van der Waals surface area contributed by atoms with Gasteiger partial charge in [0.1, 0.15) is 0 Å². The predicted molar refractivity (Wildman–Crippen MR) is 59.8 cm³/mol. The Hall–Kier alpha value is -1.11. The molecule has 1 rings (SSSR count). The molecule has 0 aliphatic carbocycles. The highest BCUT2D eigenvalue weighted by molar-refractivity contribution is 5.94. The van der Waals surface area contributed by atoms with Crippen LogP contribution in [0, 0.1) is 0 Å². The number of carbonyl (C=O) groups excluding carboxylic acids is 1. The van der Waals surface area contributed by atoms with Crippen molar-refractivity contribution < 1.29 is 4.79 Å². The lowest BCUT2D eigenvalue weighted by Crippen LogP contribution is -2.15. The summed E-state index contributed by atoms with van der Waals surface area (Å²) in [5.41, 5.74) is 2.29. The van der Waals surface area contributed by atoms with Crippen LogP contribution in [0.25, 0.3) is 0 Å². The second-order valence-corrected chi connectivity index (χ2v) is 4.37. The van der Waals surface area contributed by atoms with Gasteiger partial charge in [0, 0.05) is 5.56 Å². The summed E-state index contributed by atoms with van der Waals surface area (Å²) < 4.78 is 0. The Morgan fingerprint density at radius 3 is 2.07 bits per heavy atom. The first-order valence-electron chi connectivity index (χ1n) is 5.09. The third-order valence-electron chi connectivity index (χ3n) is 2.96. The second kappa shape index (κ2) is 3.95. The van der Waals surface area contributed by atoms with Crippen molar-refractivity contribution in [2.45, 2.75) is 39.5 Å². The lowest BCUT2D eigenvalue weighted by molar-refractivity contribution is 0.101. The van der Waals surface area contributed by atoms with E-state index in [1.54, 1.807) is 6.92 Å². The van der Waals surface area contributed by atoms with Gasteiger partial charge in [-0.2, -0.15) is 0 Å². The molecule has 0 atom stereocenters. The van der Waals surface area contributed by atoms with Gasteiger partial charge in [-0.25, -0.2) is 0 Å². The number of carbonyl (C=O) groups is 1. The van der Waals surface area contributed by atoms with Gasteiger partial charge in [-0.1, -0.05) is 45.0 Å². The summed E-state index contributed by atoms with van der Waals surface area (Å²) in [4.78, 5) is 11.1. The fraction of sp³-hybridized carbons (Fsp3) is 0.462. The van der Waals surface area contributed by atoms with E-state index in [1.165, 1.54) is 5.56 Å². The minimum atomic E-state index is 0.130. The van der Waals surface area contributed by atoms with E-state index in [1.807, 2.05) is 12.1 Å². The Morgan fingerprint density at radius 1 is 1.21 bits per heavy atom. The van der Waals surface area contributed by atoms with E-state index < -0.39 is 0 Å². The highest BCUT2D eigenvalue weighted by Crippen LogP contribution is 2.26. The Kier molecular flexibility index (Phi) is 3.10. The lowest BCUT2D eigenvalue weighted by Gasteiger charge is -2.23. The van der Waals surface area contributed by atoms with E-state index in [2.05, 4.69) is 32.9 Å². The summed E-state index contributed by atoms with van der Waals surface area (Å²) in [5.74, 6) is 0.130. The molecule has 0 aliphatic rings. The quantitative estimate of drug-likeness (QED) is 0.666. The normalized spacial score (nSPS) is 11.4. The Balaban J connectivity index is 2.99. The van der Waals surface area contributed by atoms with Crippen molar-refractivity contribution in [3.8, 4) is 0 Å². The number of hydrogen-bond donors (Lipinski definition) is 0. The van der Waals surface area contributed by atoms with E-state index in [0.717, 1.165) is 12.0 Å². The lowest BCUT2D eigenvalue weighted by atomic mass is 9.82. The van der Waals surface area contributed by atoms with Gasteiger partial charge in [-0.3, -0.25) is 4.79 Å². The van der Waals surface area contributed by atoms with E-state index in [9.17, 15) is 4.79 Å². The van der Waals surface area contributed by atoms with Crippen LogP contribution in [0.15, 0.2) is 24.3 Å². The summed E-state index contributed by atoms with van der Waals surface area (Å²) >= 11 is 0. The van der Waals surface area contributed by atoms with Gasteiger partial charge < -0.3 is 0 Å². The van der Waals surface area contributed by atoms with Crippen LogP contribution in [0.5, 0.6) is 0 Å². The smallest absolute Gasteiger partial charge is 0.159 e. The maximum atomic E-state index is 11.1. The average Bonchev–Trinajstić information content (AvgIpc) is 2.18. The molecule has 0 spiro atoms. The van der Waals surface area contributed by atoms with Crippen LogP contribution in [-0.2, 0) is 5.41 Å². The molecule has 1 nitrogen and oxygen atoms in total. The molecular formula is C13H18O. The number of Topliss-reactive ketones (excluding diaryl/α,β-unsaturated/α-hetero) is 1. The number of hydrogen-bond acceptors (Lipinski definition) is 1. The molecule has 0 bridgehead atoms. The van der Waals surface area contributed by atoms with Gasteiger partial charge >= 0.3 is 0 Å². The van der Waals surface area contributed by atoms with Gasteiger partial charge in [0.05, 0.1) is 0 Å². The standard InChI is InChI=1S/C13H18O/c1-5-13(3,4)12-8-6-11(7-9-12)10(2)14/h6-9H,5H2,1-4H3. The molecule has 0 aliphatic heterocycles. The van der Waals surface area contributed by atoms with Crippen molar-refractivity contribution in [2.75, 3.05) is 0 Å². The second-order valence-electron chi connectivity index (χ2n) is 4.37. The molecule has 0 amide bonds. The minimum Gasteiger partial charge on any atom is -0.295 e. The number of benzene rings is 1. The van der Waals surface area contributed by atoms with Gasteiger partial charge in [0.25, 0.3) is 0 Å². The van der Waals surface area contributed by atoms with Gasteiger partial charge in [-0.15, -0.1) is 0 Å². The van der Waals surface area contributed by atoms with Gasteiger partial charge in [-0.05, 0) is 24.3 Å². The molecule has 1 aromatic rings. The topological polar surface area (TPSA) is 17.1 Å². The summed E-state index contributed by atoms with van der Waals surface area (Å²) in [5, 5.41) is 0. The maximum Gasteiger partial charge on any atom is 0.159 e. The van der Waals surface area contributed by atoms with Gasteiger partial charge in [0.15, 0.2) is 5.78 Å². The van der Waals surface area contributed by atoms with Crippen LogP contribution in [-0.4, -0.2) is 5.78 Å². The SMILES string of the molecule is CCC(C)(C)c1ccc(C(C)=O)cc1. The number of ketones is 1. The summed E-state index contributed by atoms with van der Waals surface area (Å²) in [6.45, 7) is 8.21. The molecule has 0 saturated carbocycles. The van der Waals surface area contributed by atoms with E-state index >= 15 is 0 Å². The van der Waals surface area contributed by atoms with Crippen LogP contribution in [0.1, 0.15) is 50.0 Å². The first-order chi connectivity index (χ1) is 6.47. The first kappa shape index (κ1) is 11.0. The van der Waals surface area contributed by atoms with Crippen LogP contribution in [0.2, 0.25) is 0 Å². The first-order valence-corrected chi connectivity index (χ1v) is 5.09. The van der Waals surface area contributed by atoms with Crippen LogP contribution < -0.4 is 0 Å². The zero-order valence-corrected chi connectivity index (χ0v) is 9.42. The highest BCUT2D eigenvalue weighted by atomic mass is 16.1. The van der Waals surface area contributed by atoms with E-state index in [0.29, 0.717) is 0 Å². The average molecular weight is 190 g/mol. The fourth-order valence-electron chi connectivity index (χ4n) is 1.36. The van der Waals surface area contributed by atoms with Crippen molar-refractivity contribution in [2.24, 2.45) is 0 Å². The third-order valence-corrected chi connectivity index (χ3v) is 2.96. The van der Waals surface area contributed by atoms with Crippen molar-refractivity contribution in [3.63, 3.8) is 0 Å². The highest BCUT2D eigenvalue weighted by Gasteiger charge is 2.17. The molecule has 0 saturated heterocycles. The molecule has 1 heteroatoms. The van der Waals surface area contributed by atoms with Crippen molar-refractivity contribution in [1.82, 2.24) is 0 Å². The fourth-order valence-corrected chi connectivity index (χ4v) is 1.36. The van der Waals surface area contributed by atoms with Crippen LogP contribution >= 0.6 is 0 Å². The predicted octanol–water partition coefficient (Wildman–Crippen LogP) is 3.58. The van der Waals surface area contributed by atoms with Crippen molar-refractivity contribution in [3.05, 3.63) is 35.4 Å². The van der Waals surface area contributed by atoms with E-state index in [-0.39, 0.29) is 11.2 Å². The summed E-state index contributed by atoms with van der Waals surface area (Å²) in [7, 11) is 0. The zero-order chi connectivity index (χ0) is 10.8. The molecule has 0 fully saturated rings. The Labute approximate surface area is 86.1 Å². The monoisotopic (exact) mass is 190 g/mol. The Morgan fingerprint density at radius 2 is 1.71 bits per heavy atom. The molecule has 0 N–H and O–H groups in total. The molecule has 0 radical (unpaired) electrons. The third kappa shape index (κ3) is 2.22. The molecule has 76 valence electrons. The summed E-state index contributed by atoms with van der Waals surface area (Å²) in [6.07, 6.45) is 1.10. The molecule has 0 heterocycles. The summed E-state index contributed by atoms with van der Waals surface area (Å²) in [6, 6.07) is 7.94. The van der Waals surface area contributed by atoms with E-state index in [4.69, 9.17) is 0 Å². The molecule has 0 aromatic heterocycles.